The summed E-state index contributed by atoms with van der Waals surface area (Å²) < 4.78 is 16.6. The van der Waals surface area contributed by atoms with Crippen molar-refractivity contribution in [2.45, 2.75) is 25.3 Å². The molecule has 144 valence electrons. The van der Waals surface area contributed by atoms with Crippen LogP contribution in [0, 0.1) is 0 Å². The second kappa shape index (κ2) is 9.64. The summed E-state index contributed by atoms with van der Waals surface area (Å²) in [4.78, 5) is 6.82. The number of guanidine groups is 1. The molecule has 2 N–H and O–H groups in total. The topological polar surface area (TPSA) is 67.4 Å². The predicted molar refractivity (Wildman–Crippen MR) is 104 cm³/mol. The number of aliphatic imine (C=N–C) groups is 1. The Hall–Kier alpha value is -1.99. The van der Waals surface area contributed by atoms with E-state index in [1.165, 1.54) is 12.8 Å². The molecule has 1 atom stereocenters. The van der Waals surface area contributed by atoms with Crippen LogP contribution in [0.1, 0.15) is 19.3 Å². The Morgan fingerprint density at radius 3 is 2.92 bits per heavy atom. The molecule has 2 heterocycles. The first kappa shape index (κ1) is 18.8. The molecule has 0 spiro atoms. The lowest BCUT2D eigenvalue weighted by Crippen LogP contribution is -2.43. The van der Waals surface area contributed by atoms with E-state index in [-0.39, 0.29) is 0 Å². The molecule has 3 rings (SSSR count). The van der Waals surface area contributed by atoms with Gasteiger partial charge in [-0.15, -0.1) is 0 Å². The molecular weight excluding hydrogens is 332 g/mol. The minimum absolute atomic E-state index is 0.521. The van der Waals surface area contributed by atoms with Crippen LogP contribution in [0.3, 0.4) is 0 Å². The van der Waals surface area contributed by atoms with Crippen LogP contribution in [0.25, 0.3) is 0 Å². The maximum Gasteiger partial charge on any atom is 0.195 e. The van der Waals surface area contributed by atoms with Crippen molar-refractivity contribution in [3.63, 3.8) is 0 Å². The van der Waals surface area contributed by atoms with Gasteiger partial charge < -0.3 is 24.8 Å². The van der Waals surface area contributed by atoms with Gasteiger partial charge >= 0.3 is 0 Å². The van der Waals surface area contributed by atoms with Gasteiger partial charge in [0.2, 0.25) is 0 Å². The minimum Gasteiger partial charge on any atom is -0.490 e. The zero-order valence-corrected chi connectivity index (χ0v) is 15.8. The summed E-state index contributed by atoms with van der Waals surface area (Å²) in [6.45, 7) is 5.15. The highest BCUT2D eigenvalue weighted by molar-refractivity contribution is 5.93. The maximum absolute atomic E-state index is 5.75. The molecule has 0 aromatic heterocycles. The van der Waals surface area contributed by atoms with Crippen LogP contribution in [-0.2, 0) is 4.74 Å². The van der Waals surface area contributed by atoms with Crippen LogP contribution in [0.2, 0.25) is 0 Å². The Morgan fingerprint density at radius 2 is 2.12 bits per heavy atom. The van der Waals surface area contributed by atoms with E-state index in [1.54, 1.807) is 14.2 Å². The van der Waals surface area contributed by atoms with Crippen molar-refractivity contribution in [1.82, 2.24) is 10.2 Å². The van der Waals surface area contributed by atoms with Gasteiger partial charge in [-0.1, -0.05) is 0 Å². The van der Waals surface area contributed by atoms with Crippen LogP contribution in [-0.4, -0.2) is 70.5 Å². The fourth-order valence-electron chi connectivity index (χ4n) is 3.40. The largest absolute Gasteiger partial charge is 0.490 e. The lowest BCUT2D eigenvalue weighted by molar-refractivity contribution is 0.141. The van der Waals surface area contributed by atoms with E-state index >= 15 is 0 Å². The second-order valence-electron chi connectivity index (χ2n) is 6.61. The number of rotatable bonds is 6. The summed E-state index contributed by atoms with van der Waals surface area (Å²) in [5.41, 5.74) is 0.935. The first-order valence-corrected chi connectivity index (χ1v) is 9.40. The van der Waals surface area contributed by atoms with Crippen LogP contribution < -0.4 is 20.1 Å². The first-order valence-electron chi connectivity index (χ1n) is 9.40. The highest BCUT2D eigenvalue weighted by Crippen LogP contribution is 2.32. The van der Waals surface area contributed by atoms with Crippen LogP contribution >= 0.6 is 0 Å². The summed E-state index contributed by atoms with van der Waals surface area (Å²) in [6, 6.07) is 6.42. The molecule has 0 saturated carbocycles. The van der Waals surface area contributed by atoms with Crippen LogP contribution in [0.15, 0.2) is 23.2 Å². The molecular formula is C19H30N4O3. The average molecular weight is 362 g/mol. The number of benzene rings is 1. The van der Waals surface area contributed by atoms with Gasteiger partial charge in [0.25, 0.3) is 0 Å². The van der Waals surface area contributed by atoms with Gasteiger partial charge in [0.1, 0.15) is 0 Å². The number of fused-ring (bicyclic) bond motifs is 1. The highest BCUT2D eigenvalue weighted by atomic mass is 16.5. The van der Waals surface area contributed by atoms with Gasteiger partial charge in [-0.3, -0.25) is 9.89 Å². The molecule has 0 amide bonds. The van der Waals surface area contributed by atoms with Crippen molar-refractivity contribution < 1.29 is 14.2 Å². The molecule has 2 aliphatic heterocycles. The zero-order valence-electron chi connectivity index (χ0n) is 15.8. The number of anilines is 1. The first-order chi connectivity index (χ1) is 12.8. The molecule has 7 heteroatoms. The van der Waals surface area contributed by atoms with Crippen molar-refractivity contribution in [2.75, 3.05) is 58.9 Å². The van der Waals surface area contributed by atoms with Crippen LogP contribution in [0.5, 0.6) is 11.5 Å². The molecule has 2 aliphatic rings. The fraction of sp³-hybridized carbons (Fsp3) is 0.632. The quantitative estimate of drug-likeness (QED) is 0.596. The number of nitrogens with one attached hydrogen (secondary N) is 2. The Balaban J connectivity index is 1.54. The molecule has 1 fully saturated rings. The third-order valence-corrected chi connectivity index (χ3v) is 4.82. The lowest BCUT2D eigenvalue weighted by Gasteiger charge is -2.25. The number of nitrogens with zero attached hydrogens (tertiary/aromatic N) is 2. The summed E-state index contributed by atoms with van der Waals surface area (Å²) >= 11 is 0. The number of likely N-dealkylation sites (tertiary alicyclic amines) is 1. The third kappa shape index (κ3) is 5.02. The Labute approximate surface area is 155 Å². The van der Waals surface area contributed by atoms with E-state index < -0.39 is 0 Å². The normalized spacial score (nSPS) is 20.7. The Bertz CT molecular complexity index is 608. The van der Waals surface area contributed by atoms with E-state index in [4.69, 9.17) is 14.2 Å². The molecule has 0 bridgehead atoms. The molecule has 1 aromatic rings. The second-order valence-corrected chi connectivity index (χ2v) is 6.61. The molecule has 0 radical (unpaired) electrons. The van der Waals surface area contributed by atoms with Crippen molar-refractivity contribution in [3.05, 3.63) is 18.2 Å². The van der Waals surface area contributed by atoms with E-state index in [2.05, 4.69) is 20.5 Å². The summed E-state index contributed by atoms with van der Waals surface area (Å²) in [5, 5.41) is 6.78. The Kier molecular flexibility index (Phi) is 6.96. The van der Waals surface area contributed by atoms with Gasteiger partial charge in [-0.05, 0) is 31.5 Å². The van der Waals surface area contributed by atoms with Gasteiger partial charge in [-0.2, -0.15) is 0 Å². The SMILES string of the molecule is CN=C(NCC1CCCN1CCOC)Nc1ccc2c(c1)OCCCO2. The van der Waals surface area contributed by atoms with Gasteiger partial charge in [0.15, 0.2) is 17.5 Å². The fourth-order valence-corrected chi connectivity index (χ4v) is 3.40. The van der Waals surface area contributed by atoms with Crippen LogP contribution in [0.4, 0.5) is 5.69 Å². The van der Waals surface area contributed by atoms with Crippen molar-refractivity contribution in [1.29, 1.82) is 0 Å². The zero-order chi connectivity index (χ0) is 18.2. The smallest absolute Gasteiger partial charge is 0.195 e. The van der Waals surface area contributed by atoms with Gasteiger partial charge in [0.05, 0.1) is 19.8 Å². The van der Waals surface area contributed by atoms with Crippen molar-refractivity contribution >= 4 is 11.6 Å². The number of methoxy groups -OCH3 is 1. The Morgan fingerprint density at radius 1 is 1.27 bits per heavy atom. The van der Waals surface area contributed by atoms with E-state index in [1.807, 2.05) is 18.2 Å². The van der Waals surface area contributed by atoms with E-state index in [9.17, 15) is 0 Å². The van der Waals surface area contributed by atoms with Gasteiger partial charge in [0, 0.05) is 51.5 Å². The third-order valence-electron chi connectivity index (χ3n) is 4.82. The molecule has 1 unspecified atom stereocenters. The monoisotopic (exact) mass is 362 g/mol. The molecule has 26 heavy (non-hydrogen) atoms. The summed E-state index contributed by atoms with van der Waals surface area (Å²) in [6.07, 6.45) is 3.35. The van der Waals surface area contributed by atoms with E-state index in [0.717, 1.165) is 55.8 Å². The minimum atomic E-state index is 0.521. The number of hydrogen-bond donors (Lipinski definition) is 2. The lowest BCUT2D eigenvalue weighted by atomic mass is 10.2. The molecule has 1 aromatic carbocycles. The predicted octanol–water partition coefficient (Wildman–Crippen LogP) is 1.95. The maximum atomic E-state index is 5.75. The summed E-state index contributed by atoms with van der Waals surface area (Å²) in [7, 11) is 3.54. The molecule has 7 nitrogen and oxygen atoms in total. The standard InChI is InChI=1S/C19H30N4O3/c1-20-19(21-14-16-5-3-8-23(16)9-12-24-2)22-15-6-7-17-18(13-15)26-11-4-10-25-17/h6-7,13,16H,3-5,8-12,14H2,1-2H3,(H2,20,21,22). The molecule has 0 aliphatic carbocycles. The van der Waals surface area contributed by atoms with Crippen molar-refractivity contribution in [2.24, 2.45) is 4.99 Å². The molecule has 1 saturated heterocycles. The highest BCUT2D eigenvalue weighted by Gasteiger charge is 2.24. The average Bonchev–Trinajstić information content (AvgIpc) is 2.98. The van der Waals surface area contributed by atoms with E-state index in [0.29, 0.717) is 19.3 Å². The summed E-state index contributed by atoms with van der Waals surface area (Å²) in [5.74, 6) is 2.35. The number of hydrogen-bond acceptors (Lipinski definition) is 5. The van der Waals surface area contributed by atoms with Gasteiger partial charge in [-0.25, -0.2) is 0 Å². The number of ether oxygens (including phenoxy) is 3. The van der Waals surface area contributed by atoms with Crippen molar-refractivity contribution in [3.8, 4) is 11.5 Å².